The van der Waals surface area contributed by atoms with Crippen LogP contribution in [0.5, 0.6) is 5.75 Å². The lowest BCUT2D eigenvalue weighted by Crippen LogP contribution is -2.55. The summed E-state index contributed by atoms with van der Waals surface area (Å²) in [6, 6.07) is 3.97. The van der Waals surface area contributed by atoms with E-state index >= 15 is 0 Å². The maximum Gasteiger partial charge on any atom is 0.245 e. The van der Waals surface area contributed by atoms with Crippen LogP contribution in [0.2, 0.25) is 0 Å². The number of amides is 1. The minimum Gasteiger partial charge on any atom is -0.488 e. The van der Waals surface area contributed by atoms with Crippen LogP contribution in [0.1, 0.15) is 12.8 Å². The van der Waals surface area contributed by atoms with Crippen LogP contribution in [-0.2, 0) is 19.4 Å². The van der Waals surface area contributed by atoms with Crippen LogP contribution in [-0.4, -0.2) is 58.7 Å². The van der Waals surface area contributed by atoms with E-state index in [2.05, 4.69) is 10.6 Å². The Morgan fingerprint density at radius 3 is 2.56 bits per heavy atom. The summed E-state index contributed by atoms with van der Waals surface area (Å²) in [6.45, 7) is 1.38. The molecule has 2 rings (SSSR count). The van der Waals surface area contributed by atoms with Crippen LogP contribution < -0.4 is 15.4 Å². The van der Waals surface area contributed by atoms with Gasteiger partial charge in [0.1, 0.15) is 6.61 Å². The third-order valence-electron chi connectivity index (χ3n) is 4.27. The second kappa shape index (κ2) is 8.11. The second-order valence-corrected chi connectivity index (χ2v) is 8.28. The van der Waals surface area contributed by atoms with Crippen molar-refractivity contribution in [3.8, 4) is 5.75 Å². The van der Waals surface area contributed by atoms with Gasteiger partial charge >= 0.3 is 0 Å². The zero-order valence-corrected chi connectivity index (χ0v) is 15.1. The molecule has 0 aromatic heterocycles. The molecule has 1 saturated heterocycles. The Morgan fingerprint density at radius 1 is 1.32 bits per heavy atom. The van der Waals surface area contributed by atoms with Gasteiger partial charge in [-0.1, -0.05) is 0 Å². The number of sulfone groups is 1. The summed E-state index contributed by atoms with van der Waals surface area (Å²) in [4.78, 5) is 12.7. The Hall–Kier alpha value is -1.71. The smallest absolute Gasteiger partial charge is 0.245 e. The molecule has 1 amide bonds. The zero-order valence-electron chi connectivity index (χ0n) is 14.3. The van der Waals surface area contributed by atoms with Crippen molar-refractivity contribution >= 4 is 21.4 Å². The summed E-state index contributed by atoms with van der Waals surface area (Å²) in [5.74, 6) is -1.24. The fourth-order valence-corrected chi connectivity index (χ4v) is 4.11. The van der Waals surface area contributed by atoms with E-state index in [1.807, 2.05) is 0 Å². The van der Waals surface area contributed by atoms with Crippen molar-refractivity contribution in [3.05, 3.63) is 24.0 Å². The first-order valence-corrected chi connectivity index (χ1v) is 9.82. The molecule has 1 aromatic carbocycles. The van der Waals surface area contributed by atoms with Crippen LogP contribution in [0.3, 0.4) is 0 Å². The summed E-state index contributed by atoms with van der Waals surface area (Å²) < 4.78 is 47.0. The van der Waals surface area contributed by atoms with Crippen molar-refractivity contribution in [2.45, 2.75) is 17.6 Å². The molecule has 0 unspecified atom stereocenters. The second-order valence-electron chi connectivity index (χ2n) is 5.96. The molecule has 0 bridgehead atoms. The molecule has 0 spiro atoms. The van der Waals surface area contributed by atoms with Crippen molar-refractivity contribution in [1.29, 1.82) is 0 Å². The van der Waals surface area contributed by atoms with E-state index in [1.54, 1.807) is 0 Å². The van der Waals surface area contributed by atoms with E-state index in [0.717, 1.165) is 12.3 Å². The minimum atomic E-state index is -3.62. The average molecular weight is 374 g/mol. The fraction of sp³-hybridized carbons (Fsp3) is 0.562. The third-order valence-corrected chi connectivity index (χ3v) is 6.28. The molecular formula is C16H23FN2O5S. The van der Waals surface area contributed by atoms with Crippen LogP contribution in [0.4, 0.5) is 10.1 Å². The van der Waals surface area contributed by atoms with E-state index in [-0.39, 0.29) is 30.9 Å². The lowest BCUT2D eigenvalue weighted by Gasteiger charge is -2.34. The van der Waals surface area contributed by atoms with E-state index in [4.69, 9.17) is 9.47 Å². The molecule has 2 N–H and O–H groups in total. The largest absolute Gasteiger partial charge is 0.488 e. The van der Waals surface area contributed by atoms with E-state index in [1.165, 1.54) is 19.2 Å². The normalized spacial score (nSPS) is 17.1. The van der Waals surface area contributed by atoms with E-state index < -0.39 is 26.3 Å². The number of halogens is 1. The predicted molar refractivity (Wildman–Crippen MR) is 92.1 cm³/mol. The minimum absolute atomic E-state index is 0.0368. The number of rotatable bonds is 7. The number of carbonyl (C=O) groups excluding carboxylic acids is 1. The summed E-state index contributed by atoms with van der Waals surface area (Å²) in [5.41, 5.74) is 0.183. The Morgan fingerprint density at radius 2 is 2.00 bits per heavy atom. The Kier molecular flexibility index (Phi) is 6.36. The molecule has 7 nitrogen and oxygen atoms in total. The molecule has 0 radical (unpaired) electrons. The number of piperidine rings is 1. The number of ether oxygens (including phenoxy) is 2. The molecular weight excluding hydrogens is 351 g/mol. The average Bonchev–Trinajstić information content (AvgIpc) is 2.56. The topological polar surface area (TPSA) is 93.7 Å². The monoisotopic (exact) mass is 374 g/mol. The summed E-state index contributed by atoms with van der Waals surface area (Å²) in [6.07, 6.45) is 1.42. The first-order chi connectivity index (χ1) is 11.8. The number of nitrogens with one attached hydrogen (secondary N) is 2. The summed E-state index contributed by atoms with van der Waals surface area (Å²) in [7, 11) is -2.11. The van der Waals surface area contributed by atoms with Gasteiger partial charge in [0.25, 0.3) is 0 Å². The SMILES string of the molecule is COCCOc1ccc(NC(=O)C2(S(C)(=O)=O)CCNCC2)cc1F. The third kappa shape index (κ3) is 4.47. The number of hydrogen-bond donors (Lipinski definition) is 2. The molecule has 1 aliphatic heterocycles. The molecule has 25 heavy (non-hydrogen) atoms. The first-order valence-electron chi connectivity index (χ1n) is 7.93. The quantitative estimate of drug-likeness (QED) is 0.691. The van der Waals surface area contributed by atoms with Gasteiger partial charge < -0.3 is 20.1 Å². The first kappa shape index (κ1) is 19.6. The van der Waals surface area contributed by atoms with Gasteiger partial charge in [-0.25, -0.2) is 12.8 Å². The predicted octanol–water partition coefficient (Wildman–Crippen LogP) is 0.956. The highest BCUT2D eigenvalue weighted by molar-refractivity contribution is 7.92. The molecule has 1 aliphatic rings. The van der Waals surface area contributed by atoms with Gasteiger partial charge in [0.05, 0.1) is 6.61 Å². The summed E-state index contributed by atoms with van der Waals surface area (Å²) >= 11 is 0. The lowest BCUT2D eigenvalue weighted by molar-refractivity contribution is -0.119. The summed E-state index contributed by atoms with van der Waals surface area (Å²) in [5, 5.41) is 5.57. The Balaban J connectivity index is 2.15. The van der Waals surface area contributed by atoms with Gasteiger partial charge in [-0.3, -0.25) is 4.79 Å². The van der Waals surface area contributed by atoms with Crippen molar-refractivity contribution in [2.75, 3.05) is 45.0 Å². The number of hydrogen-bond acceptors (Lipinski definition) is 6. The molecule has 1 fully saturated rings. The molecule has 0 atom stereocenters. The van der Waals surface area contributed by atoms with Gasteiger partial charge in [0.15, 0.2) is 26.2 Å². The van der Waals surface area contributed by atoms with Crippen molar-refractivity contribution in [3.63, 3.8) is 0 Å². The van der Waals surface area contributed by atoms with E-state index in [0.29, 0.717) is 19.7 Å². The Labute approximate surface area is 146 Å². The highest BCUT2D eigenvalue weighted by Gasteiger charge is 2.48. The highest BCUT2D eigenvalue weighted by Crippen LogP contribution is 2.30. The number of carbonyl (C=O) groups is 1. The number of anilines is 1. The van der Waals surface area contributed by atoms with Gasteiger partial charge in [-0.2, -0.15) is 0 Å². The maximum atomic E-state index is 14.1. The zero-order chi connectivity index (χ0) is 18.5. The lowest BCUT2D eigenvalue weighted by atomic mass is 9.95. The van der Waals surface area contributed by atoms with Crippen molar-refractivity contribution < 1.29 is 27.1 Å². The van der Waals surface area contributed by atoms with Crippen LogP contribution in [0.15, 0.2) is 18.2 Å². The highest BCUT2D eigenvalue weighted by atomic mass is 32.2. The molecule has 0 saturated carbocycles. The van der Waals surface area contributed by atoms with Gasteiger partial charge in [-0.15, -0.1) is 0 Å². The molecule has 9 heteroatoms. The molecule has 140 valence electrons. The van der Waals surface area contributed by atoms with Crippen molar-refractivity contribution in [1.82, 2.24) is 5.32 Å². The van der Waals surface area contributed by atoms with Crippen LogP contribution in [0.25, 0.3) is 0 Å². The number of methoxy groups -OCH3 is 1. The molecule has 1 aromatic rings. The van der Waals surface area contributed by atoms with Gasteiger partial charge in [0, 0.05) is 25.1 Å². The standard InChI is InChI=1S/C16H23FN2O5S/c1-23-9-10-24-14-4-3-12(11-13(14)17)19-15(20)16(25(2,21)22)5-7-18-8-6-16/h3-4,11,18H,5-10H2,1-2H3,(H,19,20). The van der Waals surface area contributed by atoms with Crippen LogP contribution in [0, 0.1) is 5.82 Å². The van der Waals surface area contributed by atoms with Gasteiger partial charge in [-0.05, 0) is 38.1 Å². The number of benzene rings is 1. The maximum absolute atomic E-state index is 14.1. The molecule has 1 heterocycles. The van der Waals surface area contributed by atoms with Crippen LogP contribution >= 0.6 is 0 Å². The Bertz CT molecular complexity index is 717. The van der Waals surface area contributed by atoms with E-state index in [9.17, 15) is 17.6 Å². The fourth-order valence-electron chi connectivity index (χ4n) is 2.77. The van der Waals surface area contributed by atoms with Crippen molar-refractivity contribution in [2.24, 2.45) is 0 Å². The van der Waals surface area contributed by atoms with Gasteiger partial charge in [0.2, 0.25) is 5.91 Å². The molecule has 0 aliphatic carbocycles.